The van der Waals surface area contributed by atoms with Crippen LogP contribution in [0.5, 0.6) is 23.0 Å². The molecule has 11 N–H and O–H groups in total. The lowest BCUT2D eigenvalue weighted by Gasteiger charge is -2.46. The molecule has 0 radical (unpaired) electrons. The Morgan fingerprint density at radius 1 is 0.654 bits per heavy atom. The topological polar surface area (TPSA) is 308 Å². The van der Waals surface area contributed by atoms with Gasteiger partial charge in [0.05, 0.1) is 18.8 Å². The van der Waals surface area contributed by atoms with Gasteiger partial charge in [-0.3, -0.25) is 4.79 Å². The monoisotopic (exact) mass is 740 g/mol. The minimum absolute atomic E-state index is 0.125. The molecule has 0 spiro atoms. The Bertz CT molecular complexity index is 1770. The molecule has 3 aromatic rings. The van der Waals surface area contributed by atoms with Gasteiger partial charge < -0.3 is 89.0 Å². The smallest absolute Gasteiger partial charge is 0.239 e. The molecule has 0 bridgehead atoms. The molecule has 0 amide bonds. The zero-order valence-corrected chi connectivity index (χ0v) is 27.5. The molecule has 2 aromatic carbocycles. The van der Waals surface area contributed by atoms with Crippen LogP contribution in [0.15, 0.2) is 45.6 Å². The SMILES string of the molecule is C[C@@H]1O[C@@H](O[C@@H]2[C@@H](O)[C@@H](O)[C@H](OC[C@H]3O[C@@H](Oc4c(-c5ccc(O)cc5)oc5cc(O)cc(O)c5c4=O)[C@H](O)[C@@H](O)[C@H]3O)O[C@H]2C)[C@H](O)[C@H](O)[C@H]1O. The number of aliphatic hydroxyl groups excluding tert-OH is 8. The van der Waals surface area contributed by atoms with Crippen LogP contribution in [0.25, 0.3) is 22.3 Å². The number of phenolic OH excluding ortho intramolecular Hbond substituents is 3. The molecule has 286 valence electrons. The van der Waals surface area contributed by atoms with Gasteiger partial charge >= 0.3 is 0 Å². The number of aromatic hydroxyl groups is 3. The van der Waals surface area contributed by atoms with Gasteiger partial charge in [0.25, 0.3) is 0 Å². The summed E-state index contributed by atoms with van der Waals surface area (Å²) in [7, 11) is 0. The Kier molecular flexibility index (Phi) is 11.0. The quantitative estimate of drug-likeness (QED) is 0.113. The third-order valence-electron chi connectivity index (χ3n) is 9.25. The molecule has 0 aliphatic carbocycles. The van der Waals surface area contributed by atoms with Gasteiger partial charge in [-0.1, -0.05) is 0 Å². The highest BCUT2D eigenvalue weighted by Gasteiger charge is 2.51. The fraction of sp³-hybridized carbons (Fsp3) is 0.545. The summed E-state index contributed by atoms with van der Waals surface area (Å²) in [5, 5.41) is 114. The van der Waals surface area contributed by atoms with Gasteiger partial charge in [0.15, 0.2) is 18.3 Å². The van der Waals surface area contributed by atoms with Crippen LogP contribution in [0.2, 0.25) is 0 Å². The van der Waals surface area contributed by atoms with E-state index in [9.17, 15) is 61.0 Å². The second-order valence-electron chi connectivity index (χ2n) is 12.9. The van der Waals surface area contributed by atoms with E-state index in [0.717, 1.165) is 12.1 Å². The number of hydrogen-bond acceptors (Lipinski definition) is 19. The lowest BCUT2D eigenvalue weighted by molar-refractivity contribution is -0.357. The van der Waals surface area contributed by atoms with Gasteiger partial charge in [-0.25, -0.2) is 0 Å². The minimum Gasteiger partial charge on any atom is -0.508 e. The molecule has 3 fully saturated rings. The average molecular weight is 741 g/mol. The molecule has 15 atom stereocenters. The molecule has 3 aliphatic heterocycles. The first-order chi connectivity index (χ1) is 24.6. The van der Waals surface area contributed by atoms with Crippen molar-refractivity contribution in [3.8, 4) is 34.3 Å². The summed E-state index contributed by atoms with van der Waals surface area (Å²) in [6, 6.07) is 7.24. The van der Waals surface area contributed by atoms with E-state index in [-0.39, 0.29) is 22.7 Å². The standard InChI is InChI=1S/C33H40O19/c1-10-19(37)22(40)25(43)32(47-10)51-28-11(2)48-31(27(45)24(28)42)46-9-17-20(38)23(41)26(44)33(50-17)52-30-21(39)18-15(36)7-14(35)8-16(18)49-29(30)12-3-5-13(34)6-4-12/h3-8,10-11,17,19-20,22-28,31-38,40-45H,9H2,1-2H3/t10-,11-,17+,19-,20-,22+,23-,24-,25+,26+,27+,28-,31+,32-,33-/m0/s1. The summed E-state index contributed by atoms with van der Waals surface area (Å²) < 4.78 is 39.6. The highest BCUT2D eigenvalue weighted by Crippen LogP contribution is 2.38. The molecule has 52 heavy (non-hydrogen) atoms. The predicted molar refractivity (Wildman–Crippen MR) is 170 cm³/mol. The van der Waals surface area contributed by atoms with Crippen molar-refractivity contribution in [3.63, 3.8) is 0 Å². The maximum atomic E-state index is 13.7. The van der Waals surface area contributed by atoms with Crippen molar-refractivity contribution in [3.05, 3.63) is 46.6 Å². The third kappa shape index (κ3) is 7.16. The molecule has 19 heteroatoms. The van der Waals surface area contributed by atoms with E-state index >= 15 is 0 Å². The van der Waals surface area contributed by atoms with Crippen LogP contribution in [0.4, 0.5) is 0 Å². The van der Waals surface area contributed by atoms with Crippen LogP contribution in [0.3, 0.4) is 0 Å². The number of ether oxygens (including phenoxy) is 6. The second-order valence-corrected chi connectivity index (χ2v) is 12.9. The normalized spacial score (nSPS) is 38.3. The van der Waals surface area contributed by atoms with Gasteiger partial charge in [-0.15, -0.1) is 0 Å². The zero-order valence-electron chi connectivity index (χ0n) is 27.5. The average Bonchev–Trinajstić information content (AvgIpc) is 3.10. The largest absolute Gasteiger partial charge is 0.508 e. The first-order valence-electron chi connectivity index (χ1n) is 16.2. The van der Waals surface area contributed by atoms with Crippen molar-refractivity contribution in [2.75, 3.05) is 6.61 Å². The van der Waals surface area contributed by atoms with Gasteiger partial charge in [0.1, 0.15) is 89.3 Å². The molecule has 1 aromatic heterocycles. The van der Waals surface area contributed by atoms with Gasteiger partial charge in [0, 0.05) is 17.7 Å². The number of aliphatic hydroxyl groups is 8. The van der Waals surface area contributed by atoms with Crippen LogP contribution in [0.1, 0.15) is 13.8 Å². The van der Waals surface area contributed by atoms with Crippen LogP contribution in [-0.2, 0) is 23.7 Å². The van der Waals surface area contributed by atoms with Crippen molar-refractivity contribution in [2.24, 2.45) is 0 Å². The second kappa shape index (κ2) is 15.0. The van der Waals surface area contributed by atoms with E-state index in [0.29, 0.717) is 0 Å². The molecular weight excluding hydrogens is 700 g/mol. The van der Waals surface area contributed by atoms with Gasteiger partial charge in [-0.05, 0) is 38.1 Å². The number of hydrogen-bond donors (Lipinski definition) is 11. The van der Waals surface area contributed by atoms with E-state index in [4.69, 9.17) is 32.8 Å². The van der Waals surface area contributed by atoms with Crippen LogP contribution >= 0.6 is 0 Å². The maximum absolute atomic E-state index is 13.7. The first-order valence-corrected chi connectivity index (χ1v) is 16.2. The predicted octanol–water partition coefficient (Wildman–Crippen LogP) is -2.54. The lowest BCUT2D eigenvalue weighted by atomic mass is 9.97. The number of rotatable bonds is 8. The van der Waals surface area contributed by atoms with E-state index in [1.165, 1.54) is 38.1 Å². The number of fused-ring (bicyclic) bond motifs is 1. The molecule has 3 saturated heterocycles. The summed E-state index contributed by atoms with van der Waals surface area (Å²) in [4.78, 5) is 13.7. The Hall–Kier alpha value is -3.67. The molecule has 4 heterocycles. The van der Waals surface area contributed by atoms with Gasteiger partial charge in [-0.2, -0.15) is 0 Å². The van der Waals surface area contributed by atoms with Crippen LogP contribution < -0.4 is 10.2 Å². The van der Waals surface area contributed by atoms with E-state index in [2.05, 4.69) is 0 Å². The minimum atomic E-state index is -1.97. The van der Waals surface area contributed by atoms with E-state index < -0.39 is 127 Å². The van der Waals surface area contributed by atoms with Crippen molar-refractivity contribution in [1.82, 2.24) is 0 Å². The van der Waals surface area contributed by atoms with Crippen molar-refractivity contribution in [2.45, 2.75) is 106 Å². The summed E-state index contributed by atoms with van der Waals surface area (Å²) in [6.07, 6.45) is -23.8. The van der Waals surface area contributed by atoms with Crippen LogP contribution in [0, 0.1) is 0 Å². The molecule has 6 rings (SSSR count). The zero-order chi connectivity index (χ0) is 37.8. The third-order valence-corrected chi connectivity index (χ3v) is 9.25. The fourth-order valence-corrected chi connectivity index (χ4v) is 6.25. The van der Waals surface area contributed by atoms with Crippen molar-refractivity contribution < 1.29 is 89.0 Å². The number of benzene rings is 2. The molecule has 0 unspecified atom stereocenters. The maximum Gasteiger partial charge on any atom is 0.239 e. The fourth-order valence-electron chi connectivity index (χ4n) is 6.25. The van der Waals surface area contributed by atoms with E-state index in [1.54, 1.807) is 0 Å². The van der Waals surface area contributed by atoms with E-state index in [1.807, 2.05) is 0 Å². The summed E-state index contributed by atoms with van der Waals surface area (Å²) in [6.45, 7) is 2.22. The van der Waals surface area contributed by atoms with Gasteiger partial charge in [0.2, 0.25) is 17.5 Å². The Morgan fingerprint density at radius 2 is 1.27 bits per heavy atom. The molecular formula is C33H40O19. The summed E-state index contributed by atoms with van der Waals surface area (Å²) >= 11 is 0. The highest BCUT2D eigenvalue weighted by molar-refractivity contribution is 5.88. The van der Waals surface area contributed by atoms with Crippen molar-refractivity contribution >= 4 is 11.0 Å². The van der Waals surface area contributed by atoms with Crippen molar-refractivity contribution in [1.29, 1.82) is 0 Å². The molecule has 19 nitrogen and oxygen atoms in total. The lowest BCUT2D eigenvalue weighted by Crippen LogP contribution is -2.63. The Balaban J connectivity index is 1.19. The number of phenols is 3. The summed E-state index contributed by atoms with van der Waals surface area (Å²) in [5.41, 5.74) is -1.05. The highest BCUT2D eigenvalue weighted by atomic mass is 16.7. The molecule has 3 aliphatic rings. The molecule has 0 saturated carbocycles. The first kappa shape index (κ1) is 38.1. The Morgan fingerprint density at radius 3 is 1.96 bits per heavy atom. The Labute approximate surface area is 293 Å². The summed E-state index contributed by atoms with van der Waals surface area (Å²) in [5.74, 6) is -2.12. The van der Waals surface area contributed by atoms with Crippen LogP contribution in [-0.4, -0.2) is 155 Å².